The van der Waals surface area contributed by atoms with Gasteiger partial charge in [0.2, 0.25) is 0 Å². The van der Waals surface area contributed by atoms with Crippen LogP contribution in [0.15, 0.2) is 30.3 Å². The van der Waals surface area contributed by atoms with E-state index in [2.05, 4.69) is 31.0 Å². The summed E-state index contributed by atoms with van der Waals surface area (Å²) in [5.74, 6) is 0.640. The van der Waals surface area contributed by atoms with Crippen molar-refractivity contribution in [1.82, 2.24) is 10.2 Å². The molecule has 1 saturated heterocycles. The van der Waals surface area contributed by atoms with Crippen LogP contribution in [0.1, 0.15) is 26.3 Å². The van der Waals surface area contributed by atoms with E-state index in [-0.39, 0.29) is 12.1 Å². The van der Waals surface area contributed by atoms with Crippen LogP contribution < -0.4 is 5.32 Å². The molecule has 0 aromatic heterocycles. The molecular formula is C16H24N2O2. The van der Waals surface area contributed by atoms with Gasteiger partial charge in [-0.05, 0) is 18.4 Å². The predicted octanol–water partition coefficient (Wildman–Crippen LogP) is 2.64. The molecule has 110 valence electrons. The average molecular weight is 276 g/mol. The Hall–Kier alpha value is -1.55. The number of carbonyl (C=O) groups is 1. The fourth-order valence-corrected chi connectivity index (χ4v) is 2.29. The smallest absolute Gasteiger partial charge is 0.407 e. The van der Waals surface area contributed by atoms with E-state index in [1.807, 2.05) is 30.3 Å². The van der Waals surface area contributed by atoms with Gasteiger partial charge in [0.15, 0.2) is 0 Å². The molecule has 2 rings (SSSR count). The first-order valence-electron chi connectivity index (χ1n) is 7.27. The number of ether oxygens (including phenoxy) is 1. The number of rotatable bonds is 5. The van der Waals surface area contributed by atoms with Crippen molar-refractivity contribution in [2.75, 3.05) is 13.1 Å². The summed E-state index contributed by atoms with van der Waals surface area (Å²) in [5.41, 5.74) is 1.01. The normalized spacial score (nSPS) is 17.6. The first kappa shape index (κ1) is 14.9. The Morgan fingerprint density at radius 2 is 1.95 bits per heavy atom. The van der Waals surface area contributed by atoms with Crippen LogP contribution >= 0.6 is 0 Å². The minimum absolute atomic E-state index is 0.222. The maximum absolute atomic E-state index is 11.7. The third kappa shape index (κ3) is 3.97. The van der Waals surface area contributed by atoms with Gasteiger partial charge in [0.05, 0.1) is 6.04 Å². The summed E-state index contributed by atoms with van der Waals surface area (Å²) in [4.78, 5) is 14.1. The second kappa shape index (κ2) is 6.75. The number of carbonyl (C=O) groups excluding carboxylic acids is 1. The maximum atomic E-state index is 11.7. The zero-order chi connectivity index (χ0) is 14.5. The van der Waals surface area contributed by atoms with Crippen molar-refractivity contribution in [1.29, 1.82) is 0 Å². The summed E-state index contributed by atoms with van der Waals surface area (Å²) < 4.78 is 5.21. The van der Waals surface area contributed by atoms with Gasteiger partial charge < -0.3 is 10.1 Å². The number of nitrogens with one attached hydrogen (secondary N) is 1. The van der Waals surface area contributed by atoms with E-state index in [0.29, 0.717) is 18.6 Å². The summed E-state index contributed by atoms with van der Waals surface area (Å²) >= 11 is 0. The van der Waals surface area contributed by atoms with Gasteiger partial charge in [-0.3, -0.25) is 4.90 Å². The number of hydrogen-bond donors (Lipinski definition) is 1. The lowest BCUT2D eigenvalue weighted by molar-refractivity contribution is 0.0553. The second-order valence-corrected chi connectivity index (χ2v) is 5.84. The summed E-state index contributed by atoms with van der Waals surface area (Å²) in [6.45, 7) is 8.83. The van der Waals surface area contributed by atoms with E-state index < -0.39 is 0 Å². The van der Waals surface area contributed by atoms with Crippen LogP contribution in [0.4, 0.5) is 4.79 Å². The third-order valence-electron chi connectivity index (χ3n) is 3.99. The van der Waals surface area contributed by atoms with Crippen molar-refractivity contribution in [2.24, 2.45) is 5.92 Å². The summed E-state index contributed by atoms with van der Waals surface area (Å²) in [5, 5.41) is 2.91. The van der Waals surface area contributed by atoms with Gasteiger partial charge in [0.1, 0.15) is 6.61 Å². The minimum Gasteiger partial charge on any atom is -0.445 e. The summed E-state index contributed by atoms with van der Waals surface area (Å²) in [7, 11) is 0. The largest absolute Gasteiger partial charge is 0.445 e. The number of nitrogens with zero attached hydrogens (tertiary/aromatic N) is 1. The highest BCUT2D eigenvalue weighted by Crippen LogP contribution is 2.17. The highest BCUT2D eigenvalue weighted by molar-refractivity contribution is 5.67. The zero-order valence-corrected chi connectivity index (χ0v) is 12.5. The highest BCUT2D eigenvalue weighted by Gasteiger charge is 2.32. The lowest BCUT2D eigenvalue weighted by atomic mass is 9.98. The minimum atomic E-state index is -0.323. The first-order chi connectivity index (χ1) is 9.56. The highest BCUT2D eigenvalue weighted by atomic mass is 16.5. The average Bonchev–Trinajstić information content (AvgIpc) is 2.40. The number of likely N-dealkylation sites (tertiary alicyclic amines) is 1. The van der Waals surface area contributed by atoms with Crippen LogP contribution in [0.3, 0.4) is 0 Å². The molecule has 0 bridgehead atoms. The quantitative estimate of drug-likeness (QED) is 0.899. The molecule has 1 aliphatic heterocycles. The monoisotopic (exact) mass is 276 g/mol. The molecule has 1 aromatic rings. The Morgan fingerprint density at radius 1 is 1.30 bits per heavy atom. The summed E-state index contributed by atoms with van der Waals surface area (Å²) in [6.07, 6.45) is -0.323. The van der Waals surface area contributed by atoms with Crippen LogP contribution in [0.2, 0.25) is 0 Å². The number of amides is 1. The summed E-state index contributed by atoms with van der Waals surface area (Å²) in [6, 6.07) is 10.5. The van der Waals surface area contributed by atoms with Gasteiger partial charge in [-0.1, -0.05) is 44.2 Å². The van der Waals surface area contributed by atoms with Crippen LogP contribution in [-0.4, -0.2) is 36.2 Å². The predicted molar refractivity (Wildman–Crippen MR) is 79.4 cm³/mol. The molecule has 4 nitrogen and oxygen atoms in total. The second-order valence-electron chi connectivity index (χ2n) is 5.84. The van der Waals surface area contributed by atoms with Gasteiger partial charge in [0.25, 0.3) is 0 Å². The van der Waals surface area contributed by atoms with Crippen molar-refractivity contribution < 1.29 is 9.53 Å². The van der Waals surface area contributed by atoms with E-state index in [4.69, 9.17) is 4.74 Å². The Kier molecular flexibility index (Phi) is 5.01. The Morgan fingerprint density at radius 3 is 2.55 bits per heavy atom. The van der Waals surface area contributed by atoms with Crippen LogP contribution in [0.25, 0.3) is 0 Å². The van der Waals surface area contributed by atoms with Gasteiger partial charge in [-0.2, -0.15) is 0 Å². The van der Waals surface area contributed by atoms with E-state index in [1.165, 1.54) is 0 Å². The Bertz CT molecular complexity index is 427. The Labute approximate surface area is 121 Å². The fourth-order valence-electron chi connectivity index (χ4n) is 2.29. The first-order valence-corrected chi connectivity index (χ1v) is 7.27. The lowest BCUT2D eigenvalue weighted by Gasteiger charge is -2.44. The Balaban J connectivity index is 1.65. The maximum Gasteiger partial charge on any atom is 0.407 e. The van der Waals surface area contributed by atoms with E-state index in [9.17, 15) is 4.79 Å². The number of alkyl carbamates (subject to hydrolysis) is 1. The third-order valence-corrected chi connectivity index (χ3v) is 3.99. The van der Waals surface area contributed by atoms with Crippen molar-refractivity contribution >= 4 is 6.09 Å². The topological polar surface area (TPSA) is 41.6 Å². The molecule has 1 heterocycles. The molecule has 20 heavy (non-hydrogen) atoms. The van der Waals surface area contributed by atoms with Gasteiger partial charge in [-0.25, -0.2) is 4.79 Å². The molecular weight excluding hydrogens is 252 g/mol. The fraction of sp³-hybridized carbons (Fsp3) is 0.562. The van der Waals surface area contributed by atoms with E-state index in [0.717, 1.165) is 18.7 Å². The number of benzene rings is 1. The molecule has 0 saturated carbocycles. The van der Waals surface area contributed by atoms with Gasteiger partial charge in [0, 0.05) is 19.1 Å². The molecule has 1 N–H and O–H groups in total. The van der Waals surface area contributed by atoms with Crippen molar-refractivity contribution in [2.45, 2.75) is 39.5 Å². The van der Waals surface area contributed by atoms with Crippen molar-refractivity contribution in [3.8, 4) is 0 Å². The molecule has 0 spiro atoms. The van der Waals surface area contributed by atoms with Crippen LogP contribution in [0, 0.1) is 5.92 Å². The van der Waals surface area contributed by atoms with Gasteiger partial charge >= 0.3 is 6.09 Å². The molecule has 1 aliphatic rings. The molecule has 1 aromatic carbocycles. The zero-order valence-electron chi connectivity index (χ0n) is 12.5. The van der Waals surface area contributed by atoms with Crippen LogP contribution in [0.5, 0.6) is 0 Å². The van der Waals surface area contributed by atoms with Crippen molar-refractivity contribution in [3.63, 3.8) is 0 Å². The standard InChI is InChI=1S/C16H24N2O2/c1-12(2)13(3)18-9-15(10-18)17-16(19)20-11-14-7-5-4-6-8-14/h4-8,12-13,15H,9-11H2,1-3H3,(H,17,19)/t13-/m1/s1. The lowest BCUT2D eigenvalue weighted by Crippen LogP contribution is -2.62. The van der Waals surface area contributed by atoms with Crippen molar-refractivity contribution in [3.05, 3.63) is 35.9 Å². The number of hydrogen-bond acceptors (Lipinski definition) is 3. The van der Waals surface area contributed by atoms with Gasteiger partial charge in [-0.15, -0.1) is 0 Å². The molecule has 4 heteroatoms. The molecule has 1 atom stereocenters. The molecule has 0 aliphatic carbocycles. The molecule has 1 fully saturated rings. The van der Waals surface area contributed by atoms with E-state index >= 15 is 0 Å². The molecule has 0 radical (unpaired) electrons. The molecule has 1 amide bonds. The molecule has 0 unspecified atom stereocenters. The van der Waals surface area contributed by atoms with E-state index in [1.54, 1.807) is 0 Å². The SMILES string of the molecule is CC(C)[C@@H](C)N1CC(NC(=O)OCc2ccccc2)C1. The van der Waals surface area contributed by atoms with Crippen LogP contribution in [-0.2, 0) is 11.3 Å².